The highest BCUT2D eigenvalue weighted by Crippen LogP contribution is 2.31. The SMILES string of the molecule is CCn1cc(CN2CCC(C)(/C(N)=N/O)CC2)cn1. The number of rotatable bonds is 4. The molecular formula is C13H23N5O. The average molecular weight is 265 g/mol. The lowest BCUT2D eigenvalue weighted by molar-refractivity contribution is 0.153. The van der Waals surface area contributed by atoms with Crippen molar-refractivity contribution in [3.05, 3.63) is 18.0 Å². The largest absolute Gasteiger partial charge is 0.409 e. The summed E-state index contributed by atoms with van der Waals surface area (Å²) in [4.78, 5) is 2.39. The van der Waals surface area contributed by atoms with E-state index in [1.807, 2.05) is 10.9 Å². The van der Waals surface area contributed by atoms with Gasteiger partial charge in [0.25, 0.3) is 0 Å². The third-order valence-corrected chi connectivity index (χ3v) is 4.10. The Hall–Kier alpha value is -1.56. The van der Waals surface area contributed by atoms with Gasteiger partial charge in [-0.15, -0.1) is 0 Å². The molecule has 1 aromatic heterocycles. The number of nitrogens with zero attached hydrogens (tertiary/aromatic N) is 4. The van der Waals surface area contributed by atoms with Gasteiger partial charge in [0, 0.05) is 30.3 Å². The van der Waals surface area contributed by atoms with Gasteiger partial charge in [-0.05, 0) is 32.9 Å². The molecular weight excluding hydrogens is 242 g/mol. The number of oxime groups is 1. The Bertz CT molecular complexity index is 446. The fourth-order valence-electron chi connectivity index (χ4n) is 2.50. The van der Waals surface area contributed by atoms with Crippen LogP contribution in [0.1, 0.15) is 32.3 Å². The predicted octanol–water partition coefficient (Wildman–Crippen LogP) is 1.25. The number of aromatic nitrogens is 2. The maximum absolute atomic E-state index is 8.82. The van der Waals surface area contributed by atoms with E-state index in [1.54, 1.807) is 0 Å². The summed E-state index contributed by atoms with van der Waals surface area (Å²) in [5.74, 6) is 0.353. The molecule has 1 saturated heterocycles. The Morgan fingerprint density at radius 3 is 2.74 bits per heavy atom. The molecule has 0 spiro atoms. The molecule has 19 heavy (non-hydrogen) atoms. The van der Waals surface area contributed by atoms with Crippen LogP contribution >= 0.6 is 0 Å². The minimum absolute atomic E-state index is 0.168. The topological polar surface area (TPSA) is 79.7 Å². The first-order valence-electron chi connectivity index (χ1n) is 6.79. The lowest BCUT2D eigenvalue weighted by Gasteiger charge is -2.38. The molecule has 1 aliphatic heterocycles. The number of hydrogen-bond donors (Lipinski definition) is 2. The summed E-state index contributed by atoms with van der Waals surface area (Å²) >= 11 is 0. The second kappa shape index (κ2) is 5.61. The Balaban J connectivity index is 1.90. The Kier molecular flexibility index (Phi) is 4.09. The van der Waals surface area contributed by atoms with Crippen molar-refractivity contribution in [1.29, 1.82) is 0 Å². The van der Waals surface area contributed by atoms with E-state index in [0.717, 1.165) is 39.0 Å². The van der Waals surface area contributed by atoms with Gasteiger partial charge < -0.3 is 10.9 Å². The van der Waals surface area contributed by atoms with E-state index in [0.29, 0.717) is 5.84 Å². The number of amidine groups is 1. The molecule has 1 fully saturated rings. The molecule has 0 radical (unpaired) electrons. The van der Waals surface area contributed by atoms with Gasteiger partial charge in [0.15, 0.2) is 0 Å². The van der Waals surface area contributed by atoms with E-state index in [9.17, 15) is 0 Å². The van der Waals surface area contributed by atoms with Crippen LogP contribution in [-0.2, 0) is 13.1 Å². The van der Waals surface area contributed by atoms with Gasteiger partial charge in [-0.1, -0.05) is 12.1 Å². The lowest BCUT2D eigenvalue weighted by atomic mass is 9.79. The maximum Gasteiger partial charge on any atom is 0.145 e. The number of aryl methyl sites for hydroxylation is 1. The molecule has 6 heteroatoms. The van der Waals surface area contributed by atoms with Crippen molar-refractivity contribution in [2.45, 2.75) is 39.8 Å². The van der Waals surface area contributed by atoms with E-state index in [-0.39, 0.29) is 5.41 Å². The molecule has 2 rings (SSSR count). The van der Waals surface area contributed by atoms with Crippen LogP contribution < -0.4 is 5.73 Å². The fraction of sp³-hybridized carbons (Fsp3) is 0.692. The second-order valence-corrected chi connectivity index (χ2v) is 5.53. The fourth-order valence-corrected chi connectivity index (χ4v) is 2.50. The average Bonchev–Trinajstić information content (AvgIpc) is 2.88. The number of nitrogens with two attached hydrogens (primary N) is 1. The van der Waals surface area contributed by atoms with E-state index >= 15 is 0 Å². The highest BCUT2D eigenvalue weighted by Gasteiger charge is 2.34. The van der Waals surface area contributed by atoms with Gasteiger partial charge in [0.05, 0.1) is 6.20 Å². The van der Waals surface area contributed by atoms with Crippen molar-refractivity contribution >= 4 is 5.84 Å². The molecule has 0 unspecified atom stereocenters. The standard InChI is InChI=1S/C13H23N5O/c1-3-18-10-11(8-15-18)9-17-6-4-13(2,5-7-17)12(14)16-19/h8,10,19H,3-7,9H2,1-2H3,(H2,14,16). The Labute approximate surface area is 113 Å². The summed E-state index contributed by atoms with van der Waals surface area (Å²) < 4.78 is 1.94. The van der Waals surface area contributed by atoms with Crippen LogP contribution in [0.15, 0.2) is 17.5 Å². The molecule has 0 aliphatic carbocycles. The minimum Gasteiger partial charge on any atom is -0.409 e. The van der Waals surface area contributed by atoms with E-state index in [2.05, 4.69) is 35.2 Å². The van der Waals surface area contributed by atoms with Gasteiger partial charge in [-0.25, -0.2) is 0 Å². The van der Waals surface area contributed by atoms with Crippen molar-refractivity contribution in [2.24, 2.45) is 16.3 Å². The molecule has 6 nitrogen and oxygen atoms in total. The normalized spacial score (nSPS) is 20.6. The Morgan fingerprint density at radius 2 is 2.21 bits per heavy atom. The van der Waals surface area contributed by atoms with Crippen LogP contribution in [0.25, 0.3) is 0 Å². The van der Waals surface area contributed by atoms with E-state index in [1.165, 1.54) is 5.56 Å². The number of likely N-dealkylation sites (tertiary alicyclic amines) is 1. The quantitative estimate of drug-likeness (QED) is 0.372. The zero-order valence-corrected chi connectivity index (χ0v) is 11.7. The van der Waals surface area contributed by atoms with Crippen LogP contribution in [0.5, 0.6) is 0 Å². The van der Waals surface area contributed by atoms with Crippen LogP contribution in [0.2, 0.25) is 0 Å². The highest BCUT2D eigenvalue weighted by atomic mass is 16.4. The van der Waals surface area contributed by atoms with Crippen LogP contribution in [0, 0.1) is 5.41 Å². The third kappa shape index (κ3) is 3.07. The van der Waals surface area contributed by atoms with Crippen LogP contribution in [-0.4, -0.2) is 38.8 Å². The van der Waals surface area contributed by atoms with Crippen LogP contribution in [0.3, 0.4) is 0 Å². The summed E-state index contributed by atoms with van der Waals surface area (Å²) in [6.07, 6.45) is 5.87. The minimum atomic E-state index is -0.168. The maximum atomic E-state index is 8.82. The first-order chi connectivity index (χ1) is 9.07. The molecule has 0 aromatic carbocycles. The molecule has 0 saturated carbocycles. The van der Waals surface area contributed by atoms with Crippen molar-refractivity contribution in [2.75, 3.05) is 13.1 Å². The highest BCUT2D eigenvalue weighted by molar-refractivity contribution is 5.85. The van der Waals surface area contributed by atoms with Gasteiger partial charge in [-0.2, -0.15) is 5.10 Å². The van der Waals surface area contributed by atoms with Crippen molar-refractivity contribution in [1.82, 2.24) is 14.7 Å². The zero-order chi connectivity index (χ0) is 13.9. The number of piperidine rings is 1. The molecule has 0 atom stereocenters. The van der Waals surface area contributed by atoms with Gasteiger partial charge in [0.1, 0.15) is 5.84 Å². The number of hydrogen-bond acceptors (Lipinski definition) is 4. The molecule has 0 bridgehead atoms. The Morgan fingerprint density at radius 1 is 1.53 bits per heavy atom. The summed E-state index contributed by atoms with van der Waals surface area (Å²) in [5.41, 5.74) is 6.85. The second-order valence-electron chi connectivity index (χ2n) is 5.53. The monoisotopic (exact) mass is 265 g/mol. The van der Waals surface area contributed by atoms with E-state index in [4.69, 9.17) is 10.9 Å². The van der Waals surface area contributed by atoms with Gasteiger partial charge in [0.2, 0.25) is 0 Å². The predicted molar refractivity (Wildman–Crippen MR) is 73.9 cm³/mol. The summed E-state index contributed by atoms with van der Waals surface area (Å²) in [7, 11) is 0. The van der Waals surface area contributed by atoms with E-state index < -0.39 is 0 Å². The molecule has 3 N–H and O–H groups in total. The summed E-state index contributed by atoms with van der Waals surface area (Å²) in [6, 6.07) is 0. The van der Waals surface area contributed by atoms with Gasteiger partial charge >= 0.3 is 0 Å². The first-order valence-corrected chi connectivity index (χ1v) is 6.79. The van der Waals surface area contributed by atoms with Crippen molar-refractivity contribution < 1.29 is 5.21 Å². The van der Waals surface area contributed by atoms with Crippen molar-refractivity contribution in [3.63, 3.8) is 0 Å². The molecule has 0 amide bonds. The van der Waals surface area contributed by atoms with Gasteiger partial charge in [-0.3, -0.25) is 9.58 Å². The summed E-state index contributed by atoms with van der Waals surface area (Å²) in [5, 5.41) is 16.3. The zero-order valence-electron chi connectivity index (χ0n) is 11.7. The first kappa shape index (κ1) is 13.9. The summed E-state index contributed by atoms with van der Waals surface area (Å²) in [6.45, 7) is 7.90. The third-order valence-electron chi connectivity index (χ3n) is 4.10. The molecule has 106 valence electrons. The molecule has 2 heterocycles. The molecule has 1 aliphatic rings. The van der Waals surface area contributed by atoms with Crippen LogP contribution in [0.4, 0.5) is 0 Å². The molecule has 1 aromatic rings. The lowest BCUT2D eigenvalue weighted by Crippen LogP contribution is -2.45. The van der Waals surface area contributed by atoms with Crippen molar-refractivity contribution in [3.8, 4) is 0 Å². The smallest absolute Gasteiger partial charge is 0.145 e.